The van der Waals surface area contributed by atoms with Gasteiger partial charge in [0.05, 0.1) is 6.04 Å². The van der Waals surface area contributed by atoms with Gasteiger partial charge in [-0.2, -0.15) is 0 Å². The van der Waals surface area contributed by atoms with Crippen molar-refractivity contribution in [3.63, 3.8) is 0 Å². The molecule has 0 radical (unpaired) electrons. The van der Waals surface area contributed by atoms with Crippen LogP contribution < -0.4 is 5.32 Å². The van der Waals surface area contributed by atoms with E-state index in [0.29, 0.717) is 18.7 Å². The molecule has 2 atom stereocenters. The van der Waals surface area contributed by atoms with Crippen molar-refractivity contribution in [1.29, 1.82) is 0 Å². The SMILES string of the molecule is O=C(NC(CCO)c1ccccc1)C1SCCN1C(=O)O. The molecule has 2 unspecified atom stereocenters. The van der Waals surface area contributed by atoms with Gasteiger partial charge >= 0.3 is 6.09 Å². The second-order valence-electron chi connectivity index (χ2n) is 4.68. The first-order valence-corrected chi connectivity index (χ1v) is 7.75. The molecular formula is C14H18N2O4S. The van der Waals surface area contributed by atoms with E-state index < -0.39 is 11.5 Å². The summed E-state index contributed by atoms with van der Waals surface area (Å²) < 4.78 is 0. The monoisotopic (exact) mass is 310 g/mol. The van der Waals surface area contributed by atoms with Crippen molar-refractivity contribution >= 4 is 23.8 Å². The Kier molecular flexibility index (Phi) is 5.46. The zero-order valence-electron chi connectivity index (χ0n) is 11.4. The Morgan fingerprint density at radius 2 is 2.10 bits per heavy atom. The smallest absolute Gasteiger partial charge is 0.408 e. The highest BCUT2D eigenvalue weighted by Gasteiger charge is 2.35. The van der Waals surface area contributed by atoms with Gasteiger partial charge in [0.15, 0.2) is 5.37 Å². The summed E-state index contributed by atoms with van der Waals surface area (Å²) >= 11 is 1.31. The fraction of sp³-hybridized carbons (Fsp3) is 0.429. The lowest BCUT2D eigenvalue weighted by molar-refractivity contribution is -0.123. The maximum atomic E-state index is 12.3. The molecule has 0 spiro atoms. The van der Waals surface area contributed by atoms with Crippen LogP contribution in [0.5, 0.6) is 0 Å². The zero-order valence-corrected chi connectivity index (χ0v) is 12.3. The van der Waals surface area contributed by atoms with Gasteiger partial charge < -0.3 is 15.5 Å². The van der Waals surface area contributed by atoms with Crippen molar-refractivity contribution in [3.05, 3.63) is 35.9 Å². The van der Waals surface area contributed by atoms with E-state index in [-0.39, 0.29) is 18.6 Å². The Morgan fingerprint density at radius 3 is 2.71 bits per heavy atom. The van der Waals surface area contributed by atoms with E-state index >= 15 is 0 Å². The lowest BCUT2D eigenvalue weighted by Crippen LogP contribution is -2.45. The number of carbonyl (C=O) groups excluding carboxylic acids is 1. The van der Waals surface area contributed by atoms with Crippen LogP contribution in [0, 0.1) is 0 Å². The summed E-state index contributed by atoms with van der Waals surface area (Å²) in [6.07, 6.45) is -0.696. The number of thioether (sulfide) groups is 1. The third-order valence-electron chi connectivity index (χ3n) is 3.30. The number of rotatable bonds is 5. The summed E-state index contributed by atoms with van der Waals surface area (Å²) in [6.45, 7) is 0.300. The van der Waals surface area contributed by atoms with Crippen LogP contribution in [0.1, 0.15) is 18.0 Å². The molecular weight excluding hydrogens is 292 g/mol. The summed E-state index contributed by atoms with van der Waals surface area (Å²) in [4.78, 5) is 24.5. The molecule has 1 fully saturated rings. The van der Waals surface area contributed by atoms with Crippen LogP contribution in [-0.4, -0.2) is 51.4 Å². The zero-order chi connectivity index (χ0) is 15.2. The fourth-order valence-corrected chi connectivity index (χ4v) is 3.38. The minimum Gasteiger partial charge on any atom is -0.465 e. The lowest BCUT2D eigenvalue weighted by Gasteiger charge is -2.24. The fourth-order valence-electron chi connectivity index (χ4n) is 2.26. The highest BCUT2D eigenvalue weighted by molar-refractivity contribution is 8.00. The molecule has 21 heavy (non-hydrogen) atoms. The standard InChI is InChI=1S/C14H18N2O4S/c17-8-6-11(10-4-2-1-3-5-10)15-12(18)13-16(14(19)20)7-9-21-13/h1-5,11,13,17H,6-9H2,(H,15,18)(H,19,20). The molecule has 6 nitrogen and oxygen atoms in total. The number of hydrogen-bond donors (Lipinski definition) is 3. The molecule has 7 heteroatoms. The van der Waals surface area contributed by atoms with Gasteiger partial charge in [-0.05, 0) is 12.0 Å². The van der Waals surface area contributed by atoms with Gasteiger partial charge in [0.1, 0.15) is 0 Å². The van der Waals surface area contributed by atoms with Crippen LogP contribution >= 0.6 is 11.8 Å². The highest BCUT2D eigenvalue weighted by atomic mass is 32.2. The Balaban J connectivity index is 2.06. The van der Waals surface area contributed by atoms with Crippen molar-refractivity contribution in [2.45, 2.75) is 17.8 Å². The average Bonchev–Trinajstić information content (AvgIpc) is 2.97. The van der Waals surface area contributed by atoms with Gasteiger partial charge in [-0.1, -0.05) is 30.3 Å². The first-order valence-electron chi connectivity index (χ1n) is 6.71. The Bertz CT molecular complexity index is 497. The Labute approximate surface area is 127 Å². The third kappa shape index (κ3) is 3.89. The van der Waals surface area contributed by atoms with Gasteiger partial charge in [-0.15, -0.1) is 11.8 Å². The second kappa shape index (κ2) is 7.33. The van der Waals surface area contributed by atoms with Crippen molar-refractivity contribution in [3.8, 4) is 0 Å². The maximum absolute atomic E-state index is 12.3. The van der Waals surface area contributed by atoms with Crippen LogP contribution in [0.25, 0.3) is 0 Å². The molecule has 0 aliphatic carbocycles. The lowest BCUT2D eigenvalue weighted by atomic mass is 10.0. The number of aliphatic hydroxyl groups excluding tert-OH is 1. The molecule has 0 bridgehead atoms. The predicted molar refractivity (Wildman–Crippen MR) is 80.0 cm³/mol. The second-order valence-corrected chi connectivity index (χ2v) is 5.87. The van der Waals surface area contributed by atoms with E-state index in [1.54, 1.807) is 0 Å². The number of hydrogen-bond acceptors (Lipinski definition) is 4. The number of carboxylic acid groups (broad SMARTS) is 1. The number of nitrogens with one attached hydrogen (secondary N) is 1. The molecule has 1 aromatic rings. The van der Waals surface area contributed by atoms with Crippen LogP contribution in [0.4, 0.5) is 4.79 Å². The van der Waals surface area contributed by atoms with Gasteiger partial charge in [-0.3, -0.25) is 9.69 Å². The molecule has 2 amide bonds. The van der Waals surface area contributed by atoms with E-state index in [0.717, 1.165) is 10.5 Å². The van der Waals surface area contributed by atoms with Crippen molar-refractivity contribution in [2.75, 3.05) is 18.9 Å². The molecule has 1 heterocycles. The average molecular weight is 310 g/mol. The molecule has 0 saturated carbocycles. The van der Waals surface area contributed by atoms with E-state index in [1.807, 2.05) is 30.3 Å². The quantitative estimate of drug-likeness (QED) is 0.762. The van der Waals surface area contributed by atoms with Crippen molar-refractivity contribution < 1.29 is 19.8 Å². The first-order chi connectivity index (χ1) is 10.1. The highest BCUT2D eigenvalue weighted by Crippen LogP contribution is 2.25. The van der Waals surface area contributed by atoms with E-state index in [9.17, 15) is 9.59 Å². The molecule has 1 aliphatic heterocycles. The Morgan fingerprint density at radius 1 is 1.38 bits per heavy atom. The van der Waals surface area contributed by atoms with Crippen LogP contribution in [0.3, 0.4) is 0 Å². The van der Waals surface area contributed by atoms with E-state index in [4.69, 9.17) is 10.2 Å². The normalized spacial score (nSPS) is 19.3. The van der Waals surface area contributed by atoms with Crippen LogP contribution in [0.15, 0.2) is 30.3 Å². The van der Waals surface area contributed by atoms with Gasteiger partial charge in [0.2, 0.25) is 0 Å². The summed E-state index contributed by atoms with van der Waals surface area (Å²) in [5.74, 6) is 0.280. The summed E-state index contributed by atoms with van der Waals surface area (Å²) in [5.41, 5.74) is 0.893. The van der Waals surface area contributed by atoms with Crippen LogP contribution in [0.2, 0.25) is 0 Å². The van der Waals surface area contributed by atoms with Gasteiger partial charge in [0, 0.05) is 18.9 Å². The van der Waals surface area contributed by atoms with E-state index in [1.165, 1.54) is 11.8 Å². The minimum atomic E-state index is -1.08. The van der Waals surface area contributed by atoms with E-state index in [2.05, 4.69) is 5.32 Å². The summed E-state index contributed by atoms with van der Waals surface area (Å²) in [5, 5.41) is 20.4. The molecule has 2 rings (SSSR count). The molecule has 3 N–H and O–H groups in total. The number of aliphatic hydroxyl groups is 1. The molecule has 1 aromatic carbocycles. The van der Waals surface area contributed by atoms with Crippen molar-refractivity contribution in [2.24, 2.45) is 0 Å². The number of amides is 2. The predicted octanol–water partition coefficient (Wildman–Crippen LogP) is 1.28. The summed E-state index contributed by atoms with van der Waals surface area (Å²) in [7, 11) is 0. The minimum absolute atomic E-state index is 0.0553. The molecule has 1 saturated heterocycles. The number of carbonyl (C=O) groups is 2. The van der Waals surface area contributed by atoms with Crippen LogP contribution in [-0.2, 0) is 4.79 Å². The molecule has 0 aromatic heterocycles. The molecule has 114 valence electrons. The maximum Gasteiger partial charge on any atom is 0.408 e. The number of benzene rings is 1. The van der Waals surface area contributed by atoms with Gasteiger partial charge in [-0.25, -0.2) is 4.79 Å². The Hall–Kier alpha value is -1.73. The topological polar surface area (TPSA) is 89.9 Å². The molecule has 1 aliphatic rings. The first kappa shape index (κ1) is 15.7. The largest absolute Gasteiger partial charge is 0.465 e. The van der Waals surface area contributed by atoms with Gasteiger partial charge in [0.25, 0.3) is 5.91 Å². The number of nitrogens with zero attached hydrogens (tertiary/aromatic N) is 1. The third-order valence-corrected chi connectivity index (χ3v) is 4.50. The van der Waals surface area contributed by atoms with Crippen molar-refractivity contribution in [1.82, 2.24) is 10.2 Å². The summed E-state index contributed by atoms with van der Waals surface area (Å²) in [6, 6.07) is 9.02.